The van der Waals surface area contributed by atoms with E-state index in [-0.39, 0.29) is 6.61 Å². The summed E-state index contributed by atoms with van der Waals surface area (Å²) < 4.78 is 1.73. The molecule has 5 nitrogen and oxygen atoms in total. The summed E-state index contributed by atoms with van der Waals surface area (Å²) in [7, 11) is 0. The predicted octanol–water partition coefficient (Wildman–Crippen LogP) is 1.28. The van der Waals surface area contributed by atoms with Gasteiger partial charge in [0.05, 0.1) is 6.61 Å². The Kier molecular flexibility index (Phi) is 3.49. The third-order valence-electron chi connectivity index (χ3n) is 2.59. The van der Waals surface area contributed by atoms with Gasteiger partial charge in [0.1, 0.15) is 5.82 Å². The molecule has 1 N–H and O–H groups in total. The van der Waals surface area contributed by atoms with Gasteiger partial charge in [-0.3, -0.25) is 0 Å². The van der Waals surface area contributed by atoms with Crippen molar-refractivity contribution in [2.24, 2.45) is 0 Å². The molecule has 0 saturated carbocycles. The van der Waals surface area contributed by atoms with Crippen molar-refractivity contribution in [3.8, 4) is 5.82 Å². The van der Waals surface area contributed by atoms with Crippen LogP contribution in [0.1, 0.15) is 31.1 Å². The molecule has 0 aliphatic rings. The smallest absolute Gasteiger partial charge is 0.161 e. The monoisotopic (exact) mass is 232 g/mol. The first-order valence-corrected chi connectivity index (χ1v) is 5.80. The van der Waals surface area contributed by atoms with Gasteiger partial charge in [-0.2, -0.15) is 4.68 Å². The lowest BCUT2D eigenvalue weighted by atomic mass is 10.2. The van der Waals surface area contributed by atoms with E-state index in [0.717, 1.165) is 30.1 Å². The molecule has 0 radical (unpaired) electrons. The van der Waals surface area contributed by atoms with Crippen molar-refractivity contribution in [2.45, 2.75) is 33.3 Å². The molecule has 0 unspecified atom stereocenters. The summed E-state index contributed by atoms with van der Waals surface area (Å²) in [4.78, 5) is 8.71. The maximum Gasteiger partial charge on any atom is 0.161 e. The third-order valence-corrected chi connectivity index (χ3v) is 2.59. The molecule has 2 heterocycles. The normalized spacial score (nSPS) is 10.8. The molecular weight excluding hydrogens is 216 g/mol. The molecule has 0 saturated heterocycles. The molecule has 2 aromatic heterocycles. The number of nitrogens with zero attached hydrogens (tertiary/aromatic N) is 4. The first-order chi connectivity index (χ1) is 8.30. The SMILES string of the molecule is CCc1nc(CC)n(-c2ncccc2CO)n1. The summed E-state index contributed by atoms with van der Waals surface area (Å²) in [6.45, 7) is 4.00. The van der Waals surface area contributed by atoms with E-state index in [2.05, 4.69) is 15.1 Å². The largest absolute Gasteiger partial charge is 0.392 e. The Labute approximate surface area is 100 Å². The molecule has 2 aromatic rings. The van der Waals surface area contributed by atoms with Crippen molar-refractivity contribution >= 4 is 0 Å². The Morgan fingerprint density at radius 3 is 2.76 bits per heavy atom. The zero-order chi connectivity index (χ0) is 12.3. The highest BCUT2D eigenvalue weighted by Gasteiger charge is 2.12. The van der Waals surface area contributed by atoms with E-state index in [9.17, 15) is 5.11 Å². The van der Waals surface area contributed by atoms with Gasteiger partial charge in [-0.25, -0.2) is 9.97 Å². The molecule has 0 bridgehead atoms. The van der Waals surface area contributed by atoms with E-state index in [1.807, 2.05) is 19.9 Å². The van der Waals surface area contributed by atoms with Gasteiger partial charge < -0.3 is 5.11 Å². The van der Waals surface area contributed by atoms with Crippen molar-refractivity contribution < 1.29 is 5.11 Å². The quantitative estimate of drug-likeness (QED) is 0.862. The van der Waals surface area contributed by atoms with Gasteiger partial charge in [-0.05, 0) is 6.07 Å². The average molecular weight is 232 g/mol. The summed E-state index contributed by atoms with van der Waals surface area (Å²) in [6, 6.07) is 3.65. The maximum absolute atomic E-state index is 9.31. The minimum absolute atomic E-state index is 0.0480. The highest BCUT2D eigenvalue weighted by Crippen LogP contribution is 2.13. The van der Waals surface area contributed by atoms with Crippen molar-refractivity contribution in [3.05, 3.63) is 35.5 Å². The number of aromatic nitrogens is 4. The molecule has 90 valence electrons. The molecule has 0 aliphatic heterocycles. The summed E-state index contributed by atoms with van der Waals surface area (Å²) in [5.41, 5.74) is 0.759. The minimum atomic E-state index is -0.0480. The fourth-order valence-electron chi connectivity index (χ4n) is 1.68. The van der Waals surface area contributed by atoms with Gasteiger partial charge >= 0.3 is 0 Å². The van der Waals surface area contributed by atoms with E-state index < -0.39 is 0 Å². The van der Waals surface area contributed by atoms with Gasteiger partial charge in [-0.1, -0.05) is 19.9 Å². The summed E-state index contributed by atoms with van der Waals surface area (Å²) in [6.07, 6.45) is 3.27. The standard InChI is InChI=1S/C12H16N4O/c1-3-10-14-11(4-2)16(15-10)12-9(8-17)6-5-7-13-12/h5-7,17H,3-4,8H2,1-2H3. The van der Waals surface area contributed by atoms with Crippen LogP contribution in [-0.4, -0.2) is 24.9 Å². The number of rotatable bonds is 4. The predicted molar refractivity (Wildman–Crippen MR) is 63.8 cm³/mol. The number of aliphatic hydroxyl groups excluding tert-OH is 1. The lowest BCUT2D eigenvalue weighted by Gasteiger charge is -2.07. The molecular formula is C12H16N4O. The van der Waals surface area contributed by atoms with Gasteiger partial charge in [0, 0.05) is 24.6 Å². The topological polar surface area (TPSA) is 63.8 Å². The molecule has 0 fully saturated rings. The maximum atomic E-state index is 9.31. The van der Waals surface area contributed by atoms with E-state index in [4.69, 9.17) is 0 Å². The summed E-state index contributed by atoms with van der Waals surface area (Å²) in [5.74, 6) is 2.34. The van der Waals surface area contributed by atoms with Crippen molar-refractivity contribution in [1.82, 2.24) is 19.7 Å². The Morgan fingerprint density at radius 2 is 2.12 bits per heavy atom. The van der Waals surface area contributed by atoms with Crippen LogP contribution in [0.25, 0.3) is 5.82 Å². The number of aryl methyl sites for hydroxylation is 2. The van der Waals surface area contributed by atoms with Crippen molar-refractivity contribution in [2.75, 3.05) is 0 Å². The van der Waals surface area contributed by atoms with Crippen LogP contribution in [0.4, 0.5) is 0 Å². The number of hydrogen-bond donors (Lipinski definition) is 1. The molecule has 0 aliphatic carbocycles. The van der Waals surface area contributed by atoms with Gasteiger partial charge in [0.15, 0.2) is 11.6 Å². The van der Waals surface area contributed by atoms with Crippen LogP contribution in [0.3, 0.4) is 0 Å². The van der Waals surface area contributed by atoms with Gasteiger partial charge in [0.25, 0.3) is 0 Å². The van der Waals surface area contributed by atoms with E-state index in [1.165, 1.54) is 0 Å². The Balaban J connectivity index is 2.54. The molecule has 17 heavy (non-hydrogen) atoms. The van der Waals surface area contributed by atoms with Crippen molar-refractivity contribution in [1.29, 1.82) is 0 Å². The summed E-state index contributed by atoms with van der Waals surface area (Å²) >= 11 is 0. The highest BCUT2D eigenvalue weighted by molar-refractivity contribution is 5.33. The molecule has 0 amide bonds. The highest BCUT2D eigenvalue weighted by atomic mass is 16.3. The zero-order valence-electron chi connectivity index (χ0n) is 10.1. The first kappa shape index (κ1) is 11.7. The number of hydrogen-bond acceptors (Lipinski definition) is 4. The van der Waals surface area contributed by atoms with Crippen LogP contribution in [0.5, 0.6) is 0 Å². The molecule has 0 aromatic carbocycles. The number of aliphatic hydroxyl groups is 1. The Bertz CT molecular complexity index is 507. The van der Waals surface area contributed by atoms with Crippen LogP contribution in [0.15, 0.2) is 18.3 Å². The van der Waals surface area contributed by atoms with E-state index >= 15 is 0 Å². The zero-order valence-corrected chi connectivity index (χ0v) is 10.1. The Hall–Kier alpha value is -1.75. The summed E-state index contributed by atoms with van der Waals surface area (Å²) in [5, 5.41) is 13.7. The molecule has 0 spiro atoms. The minimum Gasteiger partial charge on any atom is -0.392 e. The molecule has 5 heteroatoms. The van der Waals surface area contributed by atoms with Gasteiger partial charge in [0.2, 0.25) is 0 Å². The van der Waals surface area contributed by atoms with Crippen molar-refractivity contribution in [3.63, 3.8) is 0 Å². The second-order valence-corrected chi connectivity index (χ2v) is 3.71. The first-order valence-electron chi connectivity index (χ1n) is 5.80. The fourth-order valence-corrected chi connectivity index (χ4v) is 1.68. The second-order valence-electron chi connectivity index (χ2n) is 3.71. The third kappa shape index (κ3) is 2.19. The van der Waals surface area contributed by atoms with Crippen LogP contribution in [0.2, 0.25) is 0 Å². The fraction of sp³-hybridized carbons (Fsp3) is 0.417. The van der Waals surface area contributed by atoms with E-state index in [1.54, 1.807) is 16.9 Å². The number of pyridine rings is 1. The van der Waals surface area contributed by atoms with Crippen LogP contribution >= 0.6 is 0 Å². The van der Waals surface area contributed by atoms with Crippen LogP contribution < -0.4 is 0 Å². The lowest BCUT2D eigenvalue weighted by molar-refractivity contribution is 0.280. The lowest BCUT2D eigenvalue weighted by Crippen LogP contribution is -2.08. The molecule has 2 rings (SSSR count). The second kappa shape index (κ2) is 5.05. The van der Waals surface area contributed by atoms with Crippen LogP contribution in [-0.2, 0) is 19.4 Å². The van der Waals surface area contributed by atoms with E-state index in [0.29, 0.717) is 5.82 Å². The molecule has 0 atom stereocenters. The Morgan fingerprint density at radius 1 is 1.29 bits per heavy atom. The van der Waals surface area contributed by atoms with Gasteiger partial charge in [-0.15, -0.1) is 5.10 Å². The van der Waals surface area contributed by atoms with Crippen LogP contribution in [0, 0.1) is 0 Å². The average Bonchev–Trinajstić information content (AvgIpc) is 2.81.